The summed E-state index contributed by atoms with van der Waals surface area (Å²) in [5, 5.41) is 5.36. The summed E-state index contributed by atoms with van der Waals surface area (Å²) in [6.07, 6.45) is 4.90. The lowest BCUT2D eigenvalue weighted by Gasteiger charge is -2.50. The molecule has 1 fully saturated rings. The molecule has 3 aromatic heterocycles. The lowest BCUT2D eigenvalue weighted by atomic mass is 9.33. The second kappa shape index (κ2) is 12.3. The molecular formula is C57H48BN3S2. The van der Waals surface area contributed by atoms with E-state index in [0.717, 1.165) is 0 Å². The minimum Gasteiger partial charge on any atom is -0.334 e. The van der Waals surface area contributed by atoms with Crippen LogP contribution in [0.1, 0.15) is 77.0 Å². The maximum Gasteiger partial charge on any atom is 0.252 e. The van der Waals surface area contributed by atoms with Crippen LogP contribution in [0.5, 0.6) is 0 Å². The first-order chi connectivity index (χ1) is 30.5. The summed E-state index contributed by atoms with van der Waals surface area (Å²) in [5.74, 6) is 0. The van der Waals surface area contributed by atoms with Gasteiger partial charge in [-0.2, -0.15) is 0 Å². The summed E-state index contributed by atoms with van der Waals surface area (Å²) in [5.41, 5.74) is 19.0. The van der Waals surface area contributed by atoms with Gasteiger partial charge >= 0.3 is 0 Å². The fourth-order valence-electron chi connectivity index (χ4n) is 12.9. The average Bonchev–Trinajstić information content (AvgIpc) is 4.00. The molecule has 2 unspecified atom stereocenters. The molecule has 14 rings (SSSR count). The zero-order valence-electron chi connectivity index (χ0n) is 36.8. The van der Waals surface area contributed by atoms with E-state index in [0.29, 0.717) is 0 Å². The minimum atomic E-state index is -0.0588. The highest BCUT2D eigenvalue weighted by Gasteiger charge is 2.58. The molecule has 10 aromatic rings. The van der Waals surface area contributed by atoms with Crippen molar-refractivity contribution in [3.05, 3.63) is 150 Å². The number of anilines is 5. The number of fused-ring (bicyclic) bond motifs is 15. The molecule has 0 amide bonds. The van der Waals surface area contributed by atoms with Gasteiger partial charge in [0.25, 0.3) is 6.71 Å². The standard InChI is InChI=1S/C57H48BN3S2/c1-33-29-46-50-47(30-33)60-51-39(54-52(60)38-16-8-10-22-49(38)63-54)18-13-19-42(51)58(50)41-25-24-35(32-45(41)59(46)44-20-14-17-37-36-15-7-9-21-48(36)62-53(37)44)61-43-26-23-34(55(2,3)4)31-40(43)56(5)27-11-12-28-57(56,61)6/h7-10,13-26,29-32H,11-12,27-28H2,1-6H3. The lowest BCUT2D eigenvalue weighted by Crippen LogP contribution is -2.60. The Morgan fingerprint density at radius 3 is 2.13 bits per heavy atom. The van der Waals surface area contributed by atoms with Gasteiger partial charge in [-0.1, -0.05) is 125 Å². The highest BCUT2D eigenvalue weighted by Crippen LogP contribution is 2.62. The van der Waals surface area contributed by atoms with E-state index in [9.17, 15) is 0 Å². The van der Waals surface area contributed by atoms with E-state index in [2.05, 4.69) is 189 Å². The molecule has 306 valence electrons. The van der Waals surface area contributed by atoms with Gasteiger partial charge in [0.1, 0.15) is 0 Å². The molecule has 63 heavy (non-hydrogen) atoms. The first-order valence-corrected chi connectivity index (χ1v) is 24.6. The fourth-order valence-corrected chi connectivity index (χ4v) is 15.4. The summed E-state index contributed by atoms with van der Waals surface area (Å²) < 4.78 is 8.05. The van der Waals surface area contributed by atoms with Crippen LogP contribution in [0, 0.1) is 6.92 Å². The topological polar surface area (TPSA) is 11.4 Å². The molecule has 4 aliphatic rings. The summed E-state index contributed by atoms with van der Waals surface area (Å²) in [6.45, 7) is 14.6. The Balaban J connectivity index is 1.09. The Labute approximate surface area is 377 Å². The number of hydrogen-bond donors (Lipinski definition) is 0. The van der Waals surface area contributed by atoms with Crippen molar-refractivity contribution >= 4 is 126 Å². The Kier molecular flexibility index (Phi) is 7.13. The van der Waals surface area contributed by atoms with Crippen molar-refractivity contribution in [2.24, 2.45) is 0 Å². The smallest absolute Gasteiger partial charge is 0.252 e. The first-order valence-electron chi connectivity index (χ1n) is 22.9. The van der Waals surface area contributed by atoms with Crippen molar-refractivity contribution in [1.82, 2.24) is 4.57 Å². The molecular weight excluding hydrogens is 802 g/mol. The quantitative estimate of drug-likeness (QED) is 0.161. The predicted octanol–water partition coefficient (Wildman–Crippen LogP) is 14.3. The molecule has 2 atom stereocenters. The van der Waals surface area contributed by atoms with Gasteiger partial charge < -0.3 is 14.4 Å². The Morgan fingerprint density at radius 1 is 0.571 bits per heavy atom. The predicted molar refractivity (Wildman–Crippen MR) is 275 cm³/mol. The zero-order valence-corrected chi connectivity index (χ0v) is 38.4. The molecule has 0 bridgehead atoms. The Bertz CT molecular complexity index is 3660. The lowest BCUT2D eigenvalue weighted by molar-refractivity contribution is 0.195. The van der Waals surface area contributed by atoms with Crippen molar-refractivity contribution in [2.75, 3.05) is 9.80 Å². The van der Waals surface area contributed by atoms with E-state index in [1.807, 2.05) is 22.7 Å². The third-order valence-electron chi connectivity index (χ3n) is 16.1. The molecule has 0 N–H and O–H groups in total. The number of benzene rings is 7. The number of rotatable bonds is 2. The summed E-state index contributed by atoms with van der Waals surface area (Å²) in [4.78, 5) is 5.47. The van der Waals surface area contributed by atoms with Crippen molar-refractivity contribution < 1.29 is 0 Å². The van der Waals surface area contributed by atoms with E-state index in [1.54, 1.807) is 0 Å². The van der Waals surface area contributed by atoms with Crippen molar-refractivity contribution in [3.63, 3.8) is 0 Å². The van der Waals surface area contributed by atoms with Gasteiger partial charge in [-0.05, 0) is 114 Å². The number of aryl methyl sites for hydroxylation is 1. The zero-order chi connectivity index (χ0) is 42.3. The highest BCUT2D eigenvalue weighted by atomic mass is 32.1. The second-order valence-electron chi connectivity index (χ2n) is 20.5. The van der Waals surface area contributed by atoms with E-state index >= 15 is 0 Å². The van der Waals surface area contributed by atoms with Gasteiger partial charge in [0, 0.05) is 64.8 Å². The third-order valence-corrected chi connectivity index (χ3v) is 18.5. The van der Waals surface area contributed by atoms with Gasteiger partial charge in [-0.15, -0.1) is 22.7 Å². The van der Waals surface area contributed by atoms with Crippen LogP contribution in [-0.4, -0.2) is 16.8 Å². The van der Waals surface area contributed by atoms with Gasteiger partial charge in [-0.25, -0.2) is 0 Å². The molecule has 0 saturated heterocycles. The van der Waals surface area contributed by atoms with E-state index in [4.69, 9.17) is 0 Å². The molecule has 3 aliphatic heterocycles. The van der Waals surface area contributed by atoms with Crippen LogP contribution >= 0.6 is 22.7 Å². The molecule has 7 aromatic carbocycles. The van der Waals surface area contributed by atoms with Gasteiger partial charge in [0.15, 0.2) is 0 Å². The number of nitrogens with zero attached hydrogens (tertiary/aromatic N) is 3. The third kappa shape index (κ3) is 4.56. The Morgan fingerprint density at radius 2 is 1.29 bits per heavy atom. The van der Waals surface area contributed by atoms with Gasteiger partial charge in [0.05, 0.1) is 31.7 Å². The first kappa shape index (κ1) is 36.6. The monoisotopic (exact) mass is 849 g/mol. The minimum absolute atomic E-state index is 0.0418. The van der Waals surface area contributed by atoms with E-state index in [-0.39, 0.29) is 23.1 Å². The van der Waals surface area contributed by atoms with Gasteiger partial charge in [0.2, 0.25) is 0 Å². The SMILES string of the molecule is Cc1cc2c3c(c1)-n1c4c(cccc4c4sc5ccccc5c41)B3c1ccc(N3c4ccc(C(C)(C)C)cc4C4(C)CCCCC34C)cc1N2c1cccc2c1sc1ccccc12. The molecule has 6 heteroatoms. The number of thiophene rings is 2. The van der Waals surface area contributed by atoms with Crippen LogP contribution in [0.15, 0.2) is 133 Å². The average molecular weight is 850 g/mol. The number of aromatic nitrogens is 1. The highest BCUT2D eigenvalue weighted by molar-refractivity contribution is 7.27. The molecule has 0 radical (unpaired) electrons. The van der Waals surface area contributed by atoms with Crippen LogP contribution in [0.3, 0.4) is 0 Å². The summed E-state index contributed by atoms with van der Waals surface area (Å²) in [6, 6.07) is 52.1. The van der Waals surface area contributed by atoms with Crippen molar-refractivity contribution in [2.45, 2.75) is 83.6 Å². The van der Waals surface area contributed by atoms with Crippen LogP contribution in [0.2, 0.25) is 0 Å². The maximum atomic E-state index is 2.79. The largest absolute Gasteiger partial charge is 0.334 e. The second-order valence-corrected chi connectivity index (χ2v) is 22.6. The molecule has 1 aliphatic carbocycles. The number of hydrogen-bond acceptors (Lipinski definition) is 4. The number of para-hydroxylation sites is 1. The van der Waals surface area contributed by atoms with E-state index < -0.39 is 0 Å². The summed E-state index contributed by atoms with van der Waals surface area (Å²) >= 11 is 3.87. The molecule has 1 saturated carbocycles. The van der Waals surface area contributed by atoms with Crippen LogP contribution in [0.25, 0.3) is 57.1 Å². The van der Waals surface area contributed by atoms with Crippen LogP contribution < -0.4 is 26.2 Å². The molecule has 0 spiro atoms. The van der Waals surface area contributed by atoms with Crippen molar-refractivity contribution in [1.29, 1.82) is 0 Å². The van der Waals surface area contributed by atoms with Crippen LogP contribution in [-0.2, 0) is 10.8 Å². The molecule has 3 nitrogen and oxygen atoms in total. The van der Waals surface area contributed by atoms with Crippen LogP contribution in [0.4, 0.5) is 28.4 Å². The summed E-state index contributed by atoms with van der Waals surface area (Å²) in [7, 11) is 0. The maximum absolute atomic E-state index is 2.79. The Hall–Kier alpha value is -5.82. The van der Waals surface area contributed by atoms with Gasteiger partial charge in [-0.3, -0.25) is 0 Å². The normalized spacial score (nSPS) is 20.0. The van der Waals surface area contributed by atoms with E-state index in [1.165, 1.54) is 144 Å². The van der Waals surface area contributed by atoms with Crippen molar-refractivity contribution in [3.8, 4) is 5.69 Å². The fraction of sp³-hybridized carbons (Fsp3) is 0.228. The molecule has 6 heterocycles.